The summed E-state index contributed by atoms with van der Waals surface area (Å²) in [5.74, 6) is 10.8. The zero-order valence-corrected chi connectivity index (χ0v) is 8.90. The van der Waals surface area contributed by atoms with Gasteiger partial charge in [-0.3, -0.25) is 0 Å². The van der Waals surface area contributed by atoms with Crippen LogP contribution in [0.3, 0.4) is 0 Å². The molecular formula is C13H16O2. The highest BCUT2D eigenvalue weighted by molar-refractivity contribution is 5.33. The Morgan fingerprint density at radius 3 is 2.47 bits per heavy atom. The number of rotatable bonds is 4. The summed E-state index contributed by atoms with van der Waals surface area (Å²) < 4.78 is 0. The SMILES string of the molecule is CC=CC#CC#CC=CCC(O)CCO. The lowest BCUT2D eigenvalue weighted by Crippen LogP contribution is -2.06. The van der Waals surface area contributed by atoms with Crippen LogP contribution in [0.1, 0.15) is 19.8 Å². The number of allylic oxidation sites excluding steroid dienone is 3. The molecule has 2 nitrogen and oxygen atoms in total. The van der Waals surface area contributed by atoms with Crippen molar-refractivity contribution in [2.75, 3.05) is 6.61 Å². The van der Waals surface area contributed by atoms with E-state index in [0.29, 0.717) is 12.8 Å². The summed E-state index contributed by atoms with van der Waals surface area (Å²) in [7, 11) is 0. The van der Waals surface area contributed by atoms with Crippen molar-refractivity contribution in [1.29, 1.82) is 0 Å². The van der Waals surface area contributed by atoms with Gasteiger partial charge in [0.25, 0.3) is 0 Å². The zero-order chi connectivity index (χ0) is 11.4. The van der Waals surface area contributed by atoms with Crippen LogP contribution in [0.25, 0.3) is 0 Å². The molecule has 0 aliphatic carbocycles. The Kier molecular flexibility index (Phi) is 9.55. The summed E-state index contributed by atoms with van der Waals surface area (Å²) in [5, 5.41) is 17.7. The van der Waals surface area contributed by atoms with E-state index in [9.17, 15) is 5.11 Å². The normalized spacial score (nSPS) is 11.9. The summed E-state index contributed by atoms with van der Waals surface area (Å²) in [4.78, 5) is 0. The second-order valence-electron chi connectivity index (χ2n) is 2.84. The van der Waals surface area contributed by atoms with E-state index in [1.54, 1.807) is 18.2 Å². The maximum absolute atomic E-state index is 9.23. The minimum Gasteiger partial charge on any atom is -0.396 e. The molecule has 0 aliphatic heterocycles. The minimum atomic E-state index is -0.484. The third-order valence-electron chi connectivity index (χ3n) is 1.53. The molecule has 0 aromatic rings. The number of hydrogen-bond acceptors (Lipinski definition) is 2. The van der Waals surface area contributed by atoms with Gasteiger partial charge in [-0.1, -0.05) is 24.0 Å². The summed E-state index contributed by atoms with van der Waals surface area (Å²) >= 11 is 0. The van der Waals surface area contributed by atoms with Crippen molar-refractivity contribution in [3.8, 4) is 23.7 Å². The van der Waals surface area contributed by atoms with Gasteiger partial charge in [-0.25, -0.2) is 0 Å². The van der Waals surface area contributed by atoms with Crippen LogP contribution < -0.4 is 0 Å². The molecule has 0 rings (SSSR count). The van der Waals surface area contributed by atoms with Gasteiger partial charge in [0.05, 0.1) is 6.10 Å². The van der Waals surface area contributed by atoms with Crippen LogP contribution >= 0.6 is 0 Å². The van der Waals surface area contributed by atoms with Crippen molar-refractivity contribution < 1.29 is 10.2 Å². The van der Waals surface area contributed by atoms with Crippen LogP contribution in [-0.4, -0.2) is 22.9 Å². The molecule has 0 heterocycles. The second kappa shape index (κ2) is 10.6. The summed E-state index contributed by atoms with van der Waals surface area (Å²) in [6.45, 7) is 1.90. The largest absolute Gasteiger partial charge is 0.396 e. The van der Waals surface area contributed by atoms with Crippen LogP contribution in [0.15, 0.2) is 24.3 Å². The van der Waals surface area contributed by atoms with Crippen LogP contribution in [0.4, 0.5) is 0 Å². The lowest BCUT2D eigenvalue weighted by molar-refractivity contribution is 0.135. The number of aliphatic hydroxyl groups excluding tert-OH is 2. The topological polar surface area (TPSA) is 40.5 Å². The highest BCUT2D eigenvalue weighted by Crippen LogP contribution is 1.96. The Balaban J connectivity index is 3.76. The molecule has 0 amide bonds. The van der Waals surface area contributed by atoms with Gasteiger partial charge < -0.3 is 10.2 Å². The molecular weight excluding hydrogens is 188 g/mol. The molecule has 0 saturated heterocycles. The standard InChI is InChI=1S/C13H16O2/c1-2-3-4-5-6-7-8-9-10-13(15)11-12-14/h2-3,8-9,13-15H,10-12H2,1H3. The molecule has 2 heteroatoms. The summed E-state index contributed by atoms with van der Waals surface area (Å²) in [6.07, 6.45) is 7.42. The Morgan fingerprint density at radius 2 is 1.87 bits per heavy atom. The Hall–Kier alpha value is -1.48. The molecule has 80 valence electrons. The maximum Gasteiger partial charge on any atom is 0.0596 e. The number of hydrogen-bond donors (Lipinski definition) is 2. The van der Waals surface area contributed by atoms with Crippen molar-refractivity contribution in [3.05, 3.63) is 24.3 Å². The Labute approximate surface area is 91.3 Å². The molecule has 1 unspecified atom stereocenters. The van der Waals surface area contributed by atoms with Crippen LogP contribution in [-0.2, 0) is 0 Å². The molecule has 0 spiro atoms. The molecule has 0 aromatic carbocycles. The van der Waals surface area contributed by atoms with E-state index in [4.69, 9.17) is 5.11 Å². The fourth-order valence-electron chi connectivity index (χ4n) is 0.790. The molecule has 0 aliphatic rings. The van der Waals surface area contributed by atoms with E-state index in [1.165, 1.54) is 0 Å². The number of aliphatic hydroxyl groups is 2. The van der Waals surface area contributed by atoms with Gasteiger partial charge in [0.1, 0.15) is 0 Å². The fourth-order valence-corrected chi connectivity index (χ4v) is 0.790. The molecule has 1 atom stereocenters. The van der Waals surface area contributed by atoms with Crippen molar-refractivity contribution in [2.45, 2.75) is 25.9 Å². The van der Waals surface area contributed by atoms with Crippen LogP contribution in [0, 0.1) is 23.7 Å². The highest BCUT2D eigenvalue weighted by atomic mass is 16.3. The van der Waals surface area contributed by atoms with Gasteiger partial charge >= 0.3 is 0 Å². The molecule has 15 heavy (non-hydrogen) atoms. The molecule has 2 N–H and O–H groups in total. The maximum atomic E-state index is 9.23. The summed E-state index contributed by atoms with van der Waals surface area (Å²) in [5.41, 5.74) is 0. The van der Waals surface area contributed by atoms with E-state index < -0.39 is 6.10 Å². The lowest BCUT2D eigenvalue weighted by Gasteiger charge is -2.02. The quantitative estimate of drug-likeness (QED) is 0.677. The third-order valence-corrected chi connectivity index (χ3v) is 1.53. The lowest BCUT2D eigenvalue weighted by atomic mass is 10.2. The highest BCUT2D eigenvalue weighted by Gasteiger charge is 1.97. The van der Waals surface area contributed by atoms with Gasteiger partial charge in [0.15, 0.2) is 0 Å². The van der Waals surface area contributed by atoms with E-state index in [1.807, 2.05) is 13.0 Å². The van der Waals surface area contributed by atoms with Crippen molar-refractivity contribution in [3.63, 3.8) is 0 Å². The average molecular weight is 204 g/mol. The molecule has 0 fully saturated rings. The zero-order valence-electron chi connectivity index (χ0n) is 8.90. The van der Waals surface area contributed by atoms with Crippen molar-refractivity contribution in [2.24, 2.45) is 0 Å². The first kappa shape index (κ1) is 13.5. The predicted molar refractivity (Wildman–Crippen MR) is 61.8 cm³/mol. The van der Waals surface area contributed by atoms with Gasteiger partial charge in [-0.2, -0.15) is 0 Å². The molecule has 0 saturated carbocycles. The van der Waals surface area contributed by atoms with Crippen molar-refractivity contribution >= 4 is 0 Å². The minimum absolute atomic E-state index is 0.00944. The molecule has 0 bridgehead atoms. The van der Waals surface area contributed by atoms with Gasteiger partial charge in [0, 0.05) is 6.61 Å². The van der Waals surface area contributed by atoms with Gasteiger partial charge in [-0.05, 0) is 43.8 Å². The fraction of sp³-hybridized carbons (Fsp3) is 0.385. The first-order valence-electron chi connectivity index (χ1n) is 4.87. The second-order valence-corrected chi connectivity index (χ2v) is 2.84. The average Bonchev–Trinajstić information content (AvgIpc) is 2.22. The first-order valence-corrected chi connectivity index (χ1v) is 4.87. The van der Waals surface area contributed by atoms with Crippen LogP contribution in [0.5, 0.6) is 0 Å². The first-order chi connectivity index (χ1) is 7.31. The monoisotopic (exact) mass is 204 g/mol. The smallest absolute Gasteiger partial charge is 0.0596 e. The van der Waals surface area contributed by atoms with Gasteiger partial charge in [-0.15, -0.1) is 0 Å². The van der Waals surface area contributed by atoms with E-state index >= 15 is 0 Å². The Morgan fingerprint density at radius 1 is 1.20 bits per heavy atom. The van der Waals surface area contributed by atoms with E-state index in [2.05, 4.69) is 23.7 Å². The van der Waals surface area contributed by atoms with Gasteiger partial charge in [0.2, 0.25) is 0 Å². The van der Waals surface area contributed by atoms with E-state index in [0.717, 1.165) is 0 Å². The van der Waals surface area contributed by atoms with Crippen molar-refractivity contribution in [1.82, 2.24) is 0 Å². The predicted octanol–water partition coefficient (Wildman–Crippen LogP) is 1.26. The van der Waals surface area contributed by atoms with E-state index in [-0.39, 0.29) is 6.61 Å². The molecule has 0 radical (unpaired) electrons. The summed E-state index contributed by atoms with van der Waals surface area (Å²) in [6, 6.07) is 0. The Bertz CT molecular complexity index is 318. The van der Waals surface area contributed by atoms with Crippen LogP contribution in [0.2, 0.25) is 0 Å². The molecule has 0 aromatic heterocycles. The third kappa shape index (κ3) is 10.4.